The summed E-state index contributed by atoms with van der Waals surface area (Å²) in [4.78, 5) is 0. The minimum absolute atomic E-state index is 0.0105. The van der Waals surface area contributed by atoms with Crippen LogP contribution >= 0.6 is 0 Å². The van der Waals surface area contributed by atoms with Crippen LogP contribution in [0, 0.1) is 5.41 Å². The molecule has 3 heteroatoms. The van der Waals surface area contributed by atoms with Crippen molar-refractivity contribution in [1.82, 2.24) is 0 Å². The number of benzene rings is 1. The third kappa shape index (κ3) is 5.49. The maximum Gasteiger partial charge on any atom is 0.123 e. The number of phenolic OH excluding ortho intramolecular Hbond substituents is 1. The summed E-state index contributed by atoms with van der Waals surface area (Å²) >= 11 is 0. The molecule has 0 aliphatic rings. The number of aromatic hydroxyl groups is 1. The molecule has 0 bridgehead atoms. The van der Waals surface area contributed by atoms with Crippen LogP contribution in [0.2, 0.25) is 0 Å². The van der Waals surface area contributed by atoms with E-state index < -0.39 is 0 Å². The summed E-state index contributed by atoms with van der Waals surface area (Å²) in [6.45, 7) is 17.2. The Kier molecular flexibility index (Phi) is 6.16. The maximum atomic E-state index is 10.8. The molecule has 1 rings (SSSR count). The topological polar surface area (TPSA) is 66.5 Å². The van der Waals surface area contributed by atoms with Crippen LogP contribution in [0.4, 0.5) is 0 Å². The second-order valence-electron chi connectivity index (χ2n) is 10.0. The Labute approximate surface area is 148 Å². The average Bonchev–Trinajstić information content (AvgIpc) is 2.36. The predicted molar refractivity (Wildman–Crippen MR) is 103 cm³/mol. The molecule has 0 amide bonds. The van der Waals surface area contributed by atoms with Gasteiger partial charge in [-0.25, -0.2) is 0 Å². The SMILES string of the molecule is CC(C)(Cc1cc(C(C)(C)C)c(O)c(C(C)(C)C)c1)CC(N)CO. The Morgan fingerprint density at radius 2 is 1.33 bits per heavy atom. The molecule has 1 aromatic carbocycles. The molecular weight excluding hydrogens is 298 g/mol. The van der Waals surface area contributed by atoms with Gasteiger partial charge in [-0.15, -0.1) is 0 Å². The lowest BCUT2D eigenvalue weighted by molar-refractivity contribution is 0.213. The molecule has 0 fully saturated rings. The van der Waals surface area contributed by atoms with Crippen molar-refractivity contribution >= 4 is 0 Å². The quantitative estimate of drug-likeness (QED) is 0.753. The van der Waals surface area contributed by atoms with Gasteiger partial charge in [0, 0.05) is 6.04 Å². The van der Waals surface area contributed by atoms with Crippen molar-refractivity contribution < 1.29 is 10.2 Å². The zero-order chi connectivity index (χ0) is 18.9. The van der Waals surface area contributed by atoms with Crippen molar-refractivity contribution in [3.8, 4) is 5.75 Å². The molecule has 0 saturated carbocycles. The van der Waals surface area contributed by atoms with Crippen LogP contribution in [0.5, 0.6) is 5.75 Å². The Morgan fingerprint density at radius 3 is 1.67 bits per heavy atom. The molecule has 0 aliphatic carbocycles. The lowest BCUT2D eigenvalue weighted by Gasteiger charge is -2.31. The molecule has 1 atom stereocenters. The zero-order valence-corrected chi connectivity index (χ0v) is 16.8. The van der Waals surface area contributed by atoms with Crippen molar-refractivity contribution in [2.75, 3.05) is 6.61 Å². The zero-order valence-electron chi connectivity index (χ0n) is 16.8. The summed E-state index contributed by atoms with van der Waals surface area (Å²) in [6.07, 6.45) is 1.63. The summed E-state index contributed by atoms with van der Waals surface area (Å²) in [5.41, 5.74) is 8.90. The van der Waals surface area contributed by atoms with Crippen molar-refractivity contribution in [1.29, 1.82) is 0 Å². The van der Waals surface area contributed by atoms with Gasteiger partial charge in [0.1, 0.15) is 5.75 Å². The molecule has 1 unspecified atom stereocenters. The van der Waals surface area contributed by atoms with E-state index in [4.69, 9.17) is 5.73 Å². The molecule has 0 radical (unpaired) electrons. The standard InChI is InChI=1S/C21H37NO2/c1-19(2,3)16-9-14(10-17(18(16)24)20(4,5)6)11-21(7,8)12-15(22)13-23/h9-10,15,23-24H,11-13,22H2,1-8H3. The molecule has 1 aromatic rings. The van der Waals surface area contributed by atoms with Crippen LogP contribution in [0.3, 0.4) is 0 Å². The van der Waals surface area contributed by atoms with Gasteiger partial charge in [0.05, 0.1) is 6.61 Å². The highest BCUT2D eigenvalue weighted by Crippen LogP contribution is 2.41. The number of phenols is 1. The molecule has 0 aromatic heterocycles. The fraction of sp³-hybridized carbons (Fsp3) is 0.714. The van der Waals surface area contributed by atoms with E-state index >= 15 is 0 Å². The van der Waals surface area contributed by atoms with E-state index in [1.165, 1.54) is 5.56 Å². The van der Waals surface area contributed by atoms with Gasteiger partial charge in [-0.2, -0.15) is 0 Å². The first kappa shape index (κ1) is 21.0. The molecule has 0 spiro atoms. The predicted octanol–water partition coefficient (Wildman–Crippen LogP) is 4.27. The smallest absolute Gasteiger partial charge is 0.123 e. The fourth-order valence-electron chi connectivity index (χ4n) is 3.34. The normalized spacial score (nSPS) is 14.8. The summed E-state index contributed by atoms with van der Waals surface area (Å²) in [6, 6.07) is 4.08. The summed E-state index contributed by atoms with van der Waals surface area (Å²) in [5, 5.41) is 20.1. The Morgan fingerprint density at radius 1 is 0.917 bits per heavy atom. The Hall–Kier alpha value is -1.06. The molecule has 0 heterocycles. The first-order chi connectivity index (χ1) is 10.7. The lowest BCUT2D eigenvalue weighted by atomic mass is 9.75. The van der Waals surface area contributed by atoms with Crippen molar-refractivity contribution in [3.05, 3.63) is 28.8 Å². The summed E-state index contributed by atoms with van der Waals surface area (Å²) < 4.78 is 0. The number of nitrogens with two attached hydrogens (primary N) is 1. The van der Waals surface area contributed by atoms with E-state index in [1.807, 2.05) is 0 Å². The van der Waals surface area contributed by atoms with Crippen LogP contribution in [-0.2, 0) is 17.3 Å². The van der Waals surface area contributed by atoms with Crippen LogP contribution < -0.4 is 5.73 Å². The highest BCUT2D eigenvalue weighted by atomic mass is 16.3. The highest BCUT2D eigenvalue weighted by molar-refractivity contribution is 5.50. The molecule has 138 valence electrons. The lowest BCUT2D eigenvalue weighted by Crippen LogP contribution is -2.32. The van der Waals surface area contributed by atoms with Crippen LogP contribution in [-0.4, -0.2) is 22.9 Å². The second-order valence-corrected chi connectivity index (χ2v) is 10.0. The third-order valence-electron chi connectivity index (χ3n) is 4.52. The van der Waals surface area contributed by atoms with E-state index in [0.29, 0.717) is 5.75 Å². The number of rotatable bonds is 5. The Bertz CT molecular complexity index is 527. The van der Waals surface area contributed by atoms with Crippen molar-refractivity contribution in [3.63, 3.8) is 0 Å². The third-order valence-corrected chi connectivity index (χ3v) is 4.52. The molecule has 24 heavy (non-hydrogen) atoms. The molecule has 0 saturated heterocycles. The van der Waals surface area contributed by atoms with E-state index in [9.17, 15) is 10.2 Å². The maximum absolute atomic E-state index is 10.8. The Balaban J connectivity index is 3.34. The van der Waals surface area contributed by atoms with Crippen LogP contribution in [0.25, 0.3) is 0 Å². The molecule has 3 nitrogen and oxygen atoms in total. The van der Waals surface area contributed by atoms with E-state index in [0.717, 1.165) is 24.0 Å². The van der Waals surface area contributed by atoms with Gasteiger partial charge >= 0.3 is 0 Å². The minimum Gasteiger partial charge on any atom is -0.507 e. The number of aliphatic hydroxyl groups excluding tert-OH is 1. The van der Waals surface area contributed by atoms with Gasteiger partial charge in [-0.3, -0.25) is 0 Å². The molecular formula is C21H37NO2. The number of hydrogen-bond acceptors (Lipinski definition) is 3. The largest absolute Gasteiger partial charge is 0.507 e. The van der Waals surface area contributed by atoms with Crippen molar-refractivity contribution in [2.24, 2.45) is 11.1 Å². The van der Waals surface area contributed by atoms with Gasteiger partial charge in [-0.1, -0.05) is 67.5 Å². The van der Waals surface area contributed by atoms with E-state index in [1.54, 1.807) is 0 Å². The average molecular weight is 336 g/mol. The minimum atomic E-state index is -0.193. The summed E-state index contributed by atoms with van der Waals surface area (Å²) in [7, 11) is 0. The summed E-state index contributed by atoms with van der Waals surface area (Å²) in [5.74, 6) is 0.420. The number of aliphatic hydroxyl groups is 1. The monoisotopic (exact) mass is 335 g/mol. The van der Waals surface area contributed by atoms with Gasteiger partial charge in [0.15, 0.2) is 0 Å². The van der Waals surface area contributed by atoms with E-state index in [-0.39, 0.29) is 28.9 Å². The highest BCUT2D eigenvalue weighted by Gasteiger charge is 2.28. The fourth-order valence-corrected chi connectivity index (χ4v) is 3.34. The van der Waals surface area contributed by atoms with Crippen LogP contribution in [0.15, 0.2) is 12.1 Å². The van der Waals surface area contributed by atoms with Gasteiger partial charge in [0.25, 0.3) is 0 Å². The first-order valence-corrected chi connectivity index (χ1v) is 8.91. The van der Waals surface area contributed by atoms with Crippen molar-refractivity contribution in [2.45, 2.75) is 85.1 Å². The van der Waals surface area contributed by atoms with Gasteiger partial charge in [-0.05, 0) is 45.8 Å². The molecule has 0 aliphatic heterocycles. The number of hydrogen-bond donors (Lipinski definition) is 3. The van der Waals surface area contributed by atoms with E-state index in [2.05, 4.69) is 67.5 Å². The molecule has 4 N–H and O–H groups in total. The van der Waals surface area contributed by atoms with Gasteiger partial charge in [0.2, 0.25) is 0 Å². The van der Waals surface area contributed by atoms with Gasteiger partial charge < -0.3 is 15.9 Å². The second kappa shape index (κ2) is 7.05. The first-order valence-electron chi connectivity index (χ1n) is 8.91. The van der Waals surface area contributed by atoms with Crippen LogP contribution in [0.1, 0.15) is 78.5 Å².